The molecule has 0 aromatic heterocycles. The summed E-state index contributed by atoms with van der Waals surface area (Å²) in [5, 5.41) is 0. The van der Waals surface area contributed by atoms with Crippen LogP contribution >= 0.6 is 0 Å². The van der Waals surface area contributed by atoms with E-state index in [0.29, 0.717) is 18.1 Å². The highest BCUT2D eigenvalue weighted by molar-refractivity contribution is 7.85. The molecule has 1 atom stereocenters. The maximum Gasteiger partial charge on any atom is 0.264 e. The van der Waals surface area contributed by atoms with Gasteiger partial charge in [0.05, 0.1) is 12.4 Å². The molecule has 1 aromatic carbocycles. The second-order valence-corrected chi connectivity index (χ2v) is 6.41. The smallest absolute Gasteiger partial charge is 0.264 e. The summed E-state index contributed by atoms with van der Waals surface area (Å²) >= 11 is 0. The van der Waals surface area contributed by atoms with Gasteiger partial charge in [-0.05, 0) is 25.0 Å². The lowest BCUT2D eigenvalue weighted by molar-refractivity contribution is 0.0664. The Balaban J connectivity index is 1.81. The summed E-state index contributed by atoms with van der Waals surface area (Å²) in [5.74, 6) is 1.18. The molecule has 1 fully saturated rings. The zero-order valence-corrected chi connectivity index (χ0v) is 12.8. The van der Waals surface area contributed by atoms with Gasteiger partial charge in [-0.25, -0.2) is 0 Å². The van der Waals surface area contributed by atoms with Gasteiger partial charge in [0.25, 0.3) is 10.1 Å². The summed E-state index contributed by atoms with van der Waals surface area (Å²) < 4.78 is 43.0. The lowest BCUT2D eigenvalue weighted by Gasteiger charge is -2.15. The third-order valence-electron chi connectivity index (χ3n) is 2.94. The highest BCUT2D eigenvalue weighted by Crippen LogP contribution is 2.27. The molecule has 0 radical (unpaired) electrons. The molecule has 0 amide bonds. The van der Waals surface area contributed by atoms with Crippen LogP contribution in [0.4, 0.5) is 0 Å². The minimum absolute atomic E-state index is 0.0289. The maximum absolute atomic E-state index is 10.8. The Morgan fingerprint density at radius 2 is 1.90 bits per heavy atom. The molecule has 1 aromatic rings. The summed E-state index contributed by atoms with van der Waals surface area (Å²) in [6.45, 7) is 1.38. The predicted octanol–water partition coefficient (Wildman–Crippen LogP) is 1.60. The average molecular weight is 316 g/mol. The Labute approximate surface area is 125 Å². The van der Waals surface area contributed by atoms with Crippen LogP contribution in [0.3, 0.4) is 0 Å². The third-order valence-corrected chi connectivity index (χ3v) is 3.53. The van der Waals surface area contributed by atoms with Crippen molar-refractivity contribution in [1.29, 1.82) is 0 Å². The predicted molar refractivity (Wildman–Crippen MR) is 77.2 cm³/mol. The molecule has 0 aliphatic carbocycles. The lowest BCUT2D eigenvalue weighted by atomic mass is 10.2. The van der Waals surface area contributed by atoms with E-state index in [9.17, 15) is 8.42 Å². The van der Waals surface area contributed by atoms with E-state index >= 15 is 0 Å². The first-order valence-electron chi connectivity index (χ1n) is 6.85. The van der Waals surface area contributed by atoms with Crippen LogP contribution in [0.25, 0.3) is 0 Å². The molecule has 1 aliphatic rings. The largest absolute Gasteiger partial charge is 0.487 e. The van der Waals surface area contributed by atoms with Crippen molar-refractivity contribution < 1.29 is 26.8 Å². The zero-order valence-electron chi connectivity index (χ0n) is 12.0. The molecule has 2 rings (SSSR count). The van der Waals surface area contributed by atoms with Crippen LogP contribution in [-0.4, -0.2) is 47.2 Å². The van der Waals surface area contributed by atoms with E-state index in [1.807, 2.05) is 18.2 Å². The van der Waals surface area contributed by atoms with Gasteiger partial charge in [-0.15, -0.1) is 0 Å². The maximum atomic E-state index is 10.8. The van der Waals surface area contributed by atoms with E-state index in [-0.39, 0.29) is 19.3 Å². The van der Waals surface area contributed by atoms with Crippen LogP contribution in [0.2, 0.25) is 0 Å². The molecule has 1 saturated heterocycles. The summed E-state index contributed by atoms with van der Waals surface area (Å²) in [6, 6.07) is 7.25. The summed E-state index contributed by atoms with van der Waals surface area (Å²) in [5.41, 5.74) is 0. The van der Waals surface area contributed by atoms with Crippen molar-refractivity contribution in [2.45, 2.75) is 18.9 Å². The number of hydrogen-bond donors (Lipinski definition) is 0. The van der Waals surface area contributed by atoms with Crippen molar-refractivity contribution in [2.24, 2.45) is 0 Å². The summed E-state index contributed by atoms with van der Waals surface area (Å²) in [7, 11) is -3.44. The number of para-hydroxylation sites is 2. The fourth-order valence-corrected chi connectivity index (χ4v) is 2.35. The number of rotatable bonds is 8. The van der Waals surface area contributed by atoms with Gasteiger partial charge in [0, 0.05) is 6.61 Å². The SMILES string of the molecule is CS(=O)(=O)OCCOc1ccccc1OCC1CCCO1. The number of benzene rings is 1. The fourth-order valence-electron chi connectivity index (χ4n) is 1.98. The molecule has 1 heterocycles. The molecule has 0 N–H and O–H groups in total. The van der Waals surface area contributed by atoms with E-state index in [0.717, 1.165) is 25.7 Å². The van der Waals surface area contributed by atoms with Crippen molar-refractivity contribution >= 4 is 10.1 Å². The molecular weight excluding hydrogens is 296 g/mol. The first kappa shape index (κ1) is 16.1. The van der Waals surface area contributed by atoms with E-state index in [2.05, 4.69) is 4.18 Å². The van der Waals surface area contributed by atoms with Gasteiger partial charge in [0.15, 0.2) is 11.5 Å². The molecule has 0 spiro atoms. The zero-order chi connectivity index (χ0) is 15.1. The molecule has 1 unspecified atom stereocenters. The van der Waals surface area contributed by atoms with Crippen LogP contribution < -0.4 is 9.47 Å². The summed E-state index contributed by atoms with van der Waals surface area (Å²) in [6.07, 6.45) is 3.21. The first-order valence-corrected chi connectivity index (χ1v) is 8.67. The van der Waals surface area contributed by atoms with Crippen LogP contribution in [0, 0.1) is 0 Å². The monoisotopic (exact) mass is 316 g/mol. The molecule has 0 bridgehead atoms. The van der Waals surface area contributed by atoms with Crippen molar-refractivity contribution in [1.82, 2.24) is 0 Å². The van der Waals surface area contributed by atoms with Crippen LogP contribution in [-0.2, 0) is 19.0 Å². The van der Waals surface area contributed by atoms with E-state index in [1.165, 1.54) is 0 Å². The van der Waals surface area contributed by atoms with Gasteiger partial charge >= 0.3 is 0 Å². The van der Waals surface area contributed by atoms with Crippen molar-refractivity contribution in [3.05, 3.63) is 24.3 Å². The Morgan fingerprint density at radius 3 is 2.52 bits per heavy atom. The summed E-state index contributed by atoms with van der Waals surface area (Å²) in [4.78, 5) is 0. The van der Waals surface area contributed by atoms with Crippen molar-refractivity contribution in [3.8, 4) is 11.5 Å². The van der Waals surface area contributed by atoms with Crippen LogP contribution in [0.15, 0.2) is 24.3 Å². The minimum atomic E-state index is -3.44. The minimum Gasteiger partial charge on any atom is -0.487 e. The van der Waals surface area contributed by atoms with Gasteiger partial charge < -0.3 is 14.2 Å². The Morgan fingerprint density at radius 1 is 1.19 bits per heavy atom. The lowest BCUT2D eigenvalue weighted by Crippen LogP contribution is -2.17. The Bertz CT molecular complexity index is 536. The van der Waals surface area contributed by atoms with Gasteiger partial charge in [-0.3, -0.25) is 4.18 Å². The topological polar surface area (TPSA) is 71.1 Å². The average Bonchev–Trinajstić information content (AvgIpc) is 2.94. The van der Waals surface area contributed by atoms with Gasteiger partial charge in [-0.2, -0.15) is 8.42 Å². The van der Waals surface area contributed by atoms with Crippen LogP contribution in [0.1, 0.15) is 12.8 Å². The second-order valence-electron chi connectivity index (χ2n) is 4.77. The standard InChI is InChI=1S/C14H20O6S/c1-21(15,16)20-10-9-18-13-6-2-3-7-14(13)19-11-12-5-4-8-17-12/h2-3,6-7,12H,4-5,8-11H2,1H3. The molecule has 118 valence electrons. The van der Waals surface area contributed by atoms with Gasteiger partial charge in [0.2, 0.25) is 0 Å². The second kappa shape index (κ2) is 7.63. The highest BCUT2D eigenvalue weighted by atomic mass is 32.2. The quantitative estimate of drug-likeness (QED) is 0.536. The van der Waals surface area contributed by atoms with Crippen molar-refractivity contribution in [3.63, 3.8) is 0 Å². The highest BCUT2D eigenvalue weighted by Gasteiger charge is 2.17. The van der Waals surface area contributed by atoms with E-state index < -0.39 is 10.1 Å². The molecule has 6 nitrogen and oxygen atoms in total. The van der Waals surface area contributed by atoms with Crippen LogP contribution in [0.5, 0.6) is 11.5 Å². The molecule has 7 heteroatoms. The Hall–Kier alpha value is -1.31. The molecule has 21 heavy (non-hydrogen) atoms. The normalized spacial score (nSPS) is 18.6. The van der Waals surface area contributed by atoms with Crippen molar-refractivity contribution in [2.75, 3.05) is 32.7 Å². The molecule has 0 saturated carbocycles. The van der Waals surface area contributed by atoms with E-state index in [1.54, 1.807) is 6.07 Å². The van der Waals surface area contributed by atoms with Gasteiger partial charge in [0.1, 0.15) is 19.8 Å². The van der Waals surface area contributed by atoms with E-state index in [4.69, 9.17) is 14.2 Å². The molecular formula is C14H20O6S. The number of hydrogen-bond acceptors (Lipinski definition) is 6. The fraction of sp³-hybridized carbons (Fsp3) is 0.571. The van der Waals surface area contributed by atoms with Gasteiger partial charge in [-0.1, -0.05) is 12.1 Å². The Kier molecular flexibility index (Phi) is 5.84. The molecule has 1 aliphatic heterocycles. The number of ether oxygens (including phenoxy) is 3. The first-order chi connectivity index (χ1) is 10.0. The third kappa shape index (κ3) is 5.91.